The minimum atomic E-state index is -4.96. The number of carbonyl (C=O) groups is 4. The molecule has 3 unspecified atom stereocenters. The molecule has 0 aromatic rings. The quantitative estimate of drug-likeness (QED) is 0.0169. The van der Waals surface area contributed by atoms with Crippen molar-refractivity contribution >= 4 is 39.5 Å². The summed E-state index contributed by atoms with van der Waals surface area (Å²) in [5.41, 5.74) is 0. The van der Waals surface area contributed by atoms with Crippen molar-refractivity contribution in [2.24, 2.45) is 5.92 Å². The second-order valence-corrected chi connectivity index (χ2v) is 28.8. The maximum atomic E-state index is 13.0. The number of aliphatic hydroxyl groups is 1. The highest BCUT2D eigenvalue weighted by atomic mass is 31.2. The SMILES string of the molecule is CCCCCC/C=C\C=C/CCCCCCCC(=O)OC[C@H](COP(=O)(O)OC[C@@H](O)COP(=O)(O)OC[C@@H](COC(=O)CCCCCCCCCCC)OC(=O)CCCCCCCCC(C)CC)OC(=O)CCCCCCCCCCCCCCCCCCCC. The van der Waals surface area contributed by atoms with E-state index in [1.807, 2.05) is 0 Å². The number of hydrogen-bond donors (Lipinski definition) is 3. The highest BCUT2D eigenvalue weighted by Gasteiger charge is 2.30. The molecule has 0 aliphatic rings. The molecule has 0 saturated heterocycles. The number of hydrogen-bond acceptors (Lipinski definition) is 15. The van der Waals surface area contributed by atoms with Crippen molar-refractivity contribution in [1.82, 2.24) is 0 Å². The van der Waals surface area contributed by atoms with Gasteiger partial charge in [0.2, 0.25) is 0 Å². The van der Waals surface area contributed by atoms with Crippen LogP contribution in [0.2, 0.25) is 0 Å². The van der Waals surface area contributed by atoms with Gasteiger partial charge in [0.15, 0.2) is 12.2 Å². The summed E-state index contributed by atoms with van der Waals surface area (Å²) in [6.45, 7) is 7.13. The van der Waals surface area contributed by atoms with Crippen LogP contribution in [0.3, 0.4) is 0 Å². The summed E-state index contributed by atoms with van der Waals surface area (Å²) < 4.78 is 68.3. The number of esters is 4. The molecule has 0 aromatic carbocycles. The van der Waals surface area contributed by atoms with Gasteiger partial charge in [-0.1, -0.05) is 303 Å². The summed E-state index contributed by atoms with van der Waals surface area (Å²) in [6, 6.07) is 0. The first-order valence-electron chi connectivity index (χ1n) is 37.5. The monoisotopic (exact) mass is 1350 g/mol. The lowest BCUT2D eigenvalue weighted by Crippen LogP contribution is -2.30. The van der Waals surface area contributed by atoms with E-state index < -0.39 is 97.5 Å². The van der Waals surface area contributed by atoms with E-state index in [9.17, 15) is 43.2 Å². The van der Waals surface area contributed by atoms with E-state index in [0.717, 1.165) is 115 Å². The molecule has 0 rings (SSSR count). The summed E-state index contributed by atoms with van der Waals surface area (Å²) in [5, 5.41) is 10.6. The number of ether oxygens (including phenoxy) is 4. The van der Waals surface area contributed by atoms with Crippen molar-refractivity contribution in [2.75, 3.05) is 39.6 Å². The zero-order valence-corrected chi connectivity index (χ0v) is 61.0. The number of phosphoric ester groups is 2. The summed E-state index contributed by atoms with van der Waals surface area (Å²) in [6.07, 6.45) is 56.4. The zero-order valence-electron chi connectivity index (χ0n) is 59.2. The number of unbranched alkanes of at least 4 members (excludes halogenated alkanes) is 39. The minimum absolute atomic E-state index is 0.101. The van der Waals surface area contributed by atoms with E-state index in [-0.39, 0.29) is 25.7 Å². The van der Waals surface area contributed by atoms with Crippen LogP contribution in [-0.2, 0) is 65.4 Å². The van der Waals surface area contributed by atoms with Crippen LogP contribution in [0.25, 0.3) is 0 Å². The third-order valence-electron chi connectivity index (χ3n) is 16.8. The first-order valence-corrected chi connectivity index (χ1v) is 40.5. The first-order chi connectivity index (χ1) is 44.6. The average Bonchev–Trinajstić information content (AvgIpc) is 1.95. The van der Waals surface area contributed by atoms with Gasteiger partial charge in [-0.3, -0.25) is 37.3 Å². The van der Waals surface area contributed by atoms with Crippen LogP contribution >= 0.6 is 15.6 Å². The number of carbonyl (C=O) groups excluding carboxylic acids is 4. The number of aliphatic hydroxyl groups excluding tert-OH is 1. The lowest BCUT2D eigenvalue weighted by molar-refractivity contribution is -0.161. The van der Waals surface area contributed by atoms with Gasteiger partial charge < -0.3 is 33.8 Å². The molecule has 0 aliphatic heterocycles. The lowest BCUT2D eigenvalue weighted by atomic mass is 10.00. The molecule has 3 N–H and O–H groups in total. The van der Waals surface area contributed by atoms with Gasteiger partial charge in [0.25, 0.3) is 0 Å². The molecule has 0 amide bonds. The van der Waals surface area contributed by atoms with Crippen LogP contribution in [-0.4, -0.2) is 96.7 Å². The number of phosphoric acid groups is 2. The Labute approximate surface area is 561 Å². The average molecular weight is 1350 g/mol. The van der Waals surface area contributed by atoms with Gasteiger partial charge in [-0.05, 0) is 57.3 Å². The van der Waals surface area contributed by atoms with Crippen LogP contribution in [0, 0.1) is 5.92 Å². The van der Waals surface area contributed by atoms with Crippen LogP contribution in [0.4, 0.5) is 0 Å². The molecule has 17 nitrogen and oxygen atoms in total. The van der Waals surface area contributed by atoms with Crippen LogP contribution in [0.1, 0.15) is 356 Å². The Morgan fingerprint density at radius 3 is 0.924 bits per heavy atom. The minimum Gasteiger partial charge on any atom is -0.462 e. The lowest BCUT2D eigenvalue weighted by Gasteiger charge is -2.21. The Kier molecular flexibility index (Phi) is 64.0. The predicted molar refractivity (Wildman–Crippen MR) is 372 cm³/mol. The van der Waals surface area contributed by atoms with Crippen molar-refractivity contribution in [3.63, 3.8) is 0 Å². The molecular formula is C73H138O17P2. The molecule has 0 saturated carbocycles. The summed E-state index contributed by atoms with van der Waals surface area (Å²) in [5.74, 6) is -1.43. The Hall–Kier alpha value is -2.46. The van der Waals surface area contributed by atoms with Gasteiger partial charge in [-0.15, -0.1) is 0 Å². The third kappa shape index (κ3) is 64.9. The van der Waals surface area contributed by atoms with E-state index in [2.05, 4.69) is 58.9 Å². The highest BCUT2D eigenvalue weighted by Crippen LogP contribution is 2.45. The molecule has 92 heavy (non-hydrogen) atoms. The Morgan fingerprint density at radius 2 is 0.609 bits per heavy atom. The molecule has 0 aromatic heterocycles. The first kappa shape index (κ1) is 89.5. The Morgan fingerprint density at radius 1 is 0.348 bits per heavy atom. The number of rotatable bonds is 71. The normalized spacial score (nSPS) is 14.5. The third-order valence-corrected chi connectivity index (χ3v) is 18.7. The van der Waals surface area contributed by atoms with Gasteiger partial charge >= 0.3 is 39.5 Å². The van der Waals surface area contributed by atoms with Crippen molar-refractivity contribution in [1.29, 1.82) is 0 Å². The summed E-state index contributed by atoms with van der Waals surface area (Å²) in [7, 11) is -9.91. The van der Waals surface area contributed by atoms with E-state index in [1.165, 1.54) is 161 Å². The van der Waals surface area contributed by atoms with Crippen molar-refractivity contribution in [2.45, 2.75) is 374 Å². The summed E-state index contributed by atoms with van der Waals surface area (Å²) in [4.78, 5) is 72.6. The van der Waals surface area contributed by atoms with E-state index >= 15 is 0 Å². The second kappa shape index (κ2) is 65.8. The molecule has 0 aliphatic carbocycles. The Bertz CT molecular complexity index is 1870. The van der Waals surface area contributed by atoms with Crippen LogP contribution in [0.5, 0.6) is 0 Å². The van der Waals surface area contributed by atoms with Gasteiger partial charge in [0.05, 0.1) is 26.4 Å². The molecule has 0 bridgehead atoms. The molecule has 0 spiro atoms. The molecular weight excluding hydrogens is 1210 g/mol. The molecule has 19 heteroatoms. The van der Waals surface area contributed by atoms with E-state index in [1.54, 1.807) is 0 Å². The fourth-order valence-corrected chi connectivity index (χ4v) is 12.2. The molecule has 0 radical (unpaired) electrons. The Balaban J connectivity index is 5.25. The largest absolute Gasteiger partial charge is 0.472 e. The fourth-order valence-electron chi connectivity index (χ4n) is 10.6. The van der Waals surface area contributed by atoms with E-state index in [0.29, 0.717) is 25.7 Å². The van der Waals surface area contributed by atoms with Crippen LogP contribution < -0.4 is 0 Å². The van der Waals surface area contributed by atoms with Crippen molar-refractivity contribution in [3.8, 4) is 0 Å². The highest BCUT2D eigenvalue weighted by molar-refractivity contribution is 7.47. The maximum absolute atomic E-state index is 13.0. The molecule has 6 atom stereocenters. The zero-order chi connectivity index (χ0) is 67.7. The maximum Gasteiger partial charge on any atom is 0.472 e. The standard InChI is InChI=1S/C73H138O17P2/c1-6-10-13-16-19-22-24-26-28-29-30-32-34-36-39-42-48-53-58-72(77)89-68(62-84-71(76)57-52-47-41-38-35-33-31-27-25-23-20-17-14-11-7-2)64-87-91(79,80)85-60-67(74)61-86-92(81,82)88-65-69(63-83-70(75)56-51-46-40-37-21-18-15-12-8-3)90-73(78)59-54-49-44-43-45-50-55-66(5)9-4/h23,25,27,31,66-69,74H,6-22,24,26,28-30,32-65H2,1-5H3,(H,79,80)(H,81,82)/b25-23-,31-27-/t66?,67-,68-,69-/m1/s1. The fraction of sp³-hybridized carbons (Fsp3) is 0.890. The second-order valence-electron chi connectivity index (χ2n) is 25.9. The van der Waals surface area contributed by atoms with Crippen molar-refractivity contribution < 1.29 is 80.2 Å². The van der Waals surface area contributed by atoms with Gasteiger partial charge in [0, 0.05) is 25.7 Å². The molecule has 542 valence electrons. The van der Waals surface area contributed by atoms with Crippen LogP contribution in [0.15, 0.2) is 24.3 Å². The van der Waals surface area contributed by atoms with Crippen molar-refractivity contribution in [3.05, 3.63) is 24.3 Å². The molecule has 0 fully saturated rings. The summed E-state index contributed by atoms with van der Waals surface area (Å²) >= 11 is 0. The van der Waals surface area contributed by atoms with Gasteiger partial charge in [-0.25, -0.2) is 9.13 Å². The van der Waals surface area contributed by atoms with E-state index in [4.69, 9.17) is 37.0 Å². The smallest absolute Gasteiger partial charge is 0.462 e. The molecule has 0 heterocycles. The van der Waals surface area contributed by atoms with Gasteiger partial charge in [0.1, 0.15) is 19.3 Å². The topological polar surface area (TPSA) is 237 Å². The number of allylic oxidation sites excluding steroid dienone is 4. The predicted octanol–water partition coefficient (Wildman–Crippen LogP) is 20.9. The van der Waals surface area contributed by atoms with Gasteiger partial charge in [-0.2, -0.15) is 0 Å².